The molecular formula is C15H18BrN3O. The largest absolute Gasteiger partial charge is 0.342 e. The van der Waals surface area contributed by atoms with E-state index in [1.807, 2.05) is 51.2 Å². The van der Waals surface area contributed by atoms with Crippen molar-refractivity contribution in [3.05, 3.63) is 53.3 Å². The highest BCUT2D eigenvalue weighted by molar-refractivity contribution is 9.09. The van der Waals surface area contributed by atoms with Gasteiger partial charge in [-0.2, -0.15) is 5.10 Å². The number of benzene rings is 1. The van der Waals surface area contributed by atoms with Crippen molar-refractivity contribution in [1.29, 1.82) is 0 Å². The molecule has 0 bridgehead atoms. The van der Waals surface area contributed by atoms with Crippen molar-refractivity contribution in [1.82, 2.24) is 15.1 Å². The van der Waals surface area contributed by atoms with E-state index in [1.54, 1.807) is 10.9 Å². The second kappa shape index (κ2) is 5.79. The van der Waals surface area contributed by atoms with Gasteiger partial charge in [-0.1, -0.05) is 46.3 Å². The fourth-order valence-electron chi connectivity index (χ4n) is 2.03. The van der Waals surface area contributed by atoms with Gasteiger partial charge < -0.3 is 5.32 Å². The zero-order valence-corrected chi connectivity index (χ0v) is 13.4. The topological polar surface area (TPSA) is 46.9 Å². The van der Waals surface area contributed by atoms with Gasteiger partial charge in [0.2, 0.25) is 0 Å². The zero-order valence-electron chi connectivity index (χ0n) is 11.9. The number of carbonyl (C=O) groups excluding carboxylic acids is 1. The van der Waals surface area contributed by atoms with E-state index >= 15 is 0 Å². The minimum atomic E-state index is -0.458. The average Bonchev–Trinajstić information content (AvgIpc) is 2.80. The number of hydrogen-bond acceptors (Lipinski definition) is 2. The van der Waals surface area contributed by atoms with Crippen LogP contribution < -0.4 is 5.32 Å². The minimum absolute atomic E-state index is 0.110. The molecule has 20 heavy (non-hydrogen) atoms. The smallest absolute Gasteiger partial charge is 0.255 e. The first-order chi connectivity index (χ1) is 9.48. The van der Waals surface area contributed by atoms with E-state index in [2.05, 4.69) is 26.3 Å². The molecule has 0 spiro atoms. The number of nitrogens with zero attached hydrogens (tertiary/aromatic N) is 2. The SMILES string of the molecule is Cc1c(C(=O)NC(C)(CBr)c2ccccc2)cnn1C. The molecule has 0 fully saturated rings. The van der Waals surface area contributed by atoms with E-state index in [1.165, 1.54) is 0 Å². The van der Waals surface area contributed by atoms with E-state index < -0.39 is 5.54 Å². The summed E-state index contributed by atoms with van der Waals surface area (Å²) in [6.45, 7) is 3.89. The van der Waals surface area contributed by atoms with Gasteiger partial charge in [0.15, 0.2) is 0 Å². The van der Waals surface area contributed by atoms with E-state index in [0.29, 0.717) is 10.9 Å². The van der Waals surface area contributed by atoms with Crippen LogP contribution in [0.4, 0.5) is 0 Å². The monoisotopic (exact) mass is 335 g/mol. The molecule has 1 unspecified atom stereocenters. The lowest BCUT2D eigenvalue weighted by Crippen LogP contribution is -2.45. The summed E-state index contributed by atoms with van der Waals surface area (Å²) in [5, 5.41) is 7.83. The number of carbonyl (C=O) groups is 1. The Hall–Kier alpha value is -1.62. The van der Waals surface area contributed by atoms with E-state index in [0.717, 1.165) is 11.3 Å². The molecule has 0 radical (unpaired) electrons. The highest BCUT2D eigenvalue weighted by Gasteiger charge is 2.28. The molecule has 1 N–H and O–H groups in total. The number of aryl methyl sites for hydroxylation is 1. The van der Waals surface area contributed by atoms with Gasteiger partial charge in [-0.05, 0) is 19.4 Å². The molecule has 4 nitrogen and oxygen atoms in total. The van der Waals surface area contributed by atoms with Gasteiger partial charge in [0.1, 0.15) is 0 Å². The van der Waals surface area contributed by atoms with Gasteiger partial charge in [-0.25, -0.2) is 0 Å². The molecule has 0 saturated carbocycles. The Morgan fingerprint density at radius 3 is 2.55 bits per heavy atom. The lowest BCUT2D eigenvalue weighted by atomic mass is 9.94. The predicted molar refractivity (Wildman–Crippen MR) is 83.0 cm³/mol. The maximum atomic E-state index is 12.4. The van der Waals surface area contributed by atoms with Crippen molar-refractivity contribution in [2.45, 2.75) is 19.4 Å². The van der Waals surface area contributed by atoms with Crippen molar-refractivity contribution >= 4 is 21.8 Å². The summed E-state index contributed by atoms with van der Waals surface area (Å²) in [6, 6.07) is 9.93. The zero-order chi connectivity index (χ0) is 14.8. The number of amides is 1. The fraction of sp³-hybridized carbons (Fsp3) is 0.333. The Balaban J connectivity index is 2.27. The number of hydrogen-bond donors (Lipinski definition) is 1. The summed E-state index contributed by atoms with van der Waals surface area (Å²) < 4.78 is 1.70. The molecule has 106 valence electrons. The van der Waals surface area contributed by atoms with Crippen LogP contribution in [0.5, 0.6) is 0 Å². The molecular weight excluding hydrogens is 318 g/mol. The standard InChI is InChI=1S/C15H18BrN3O/c1-11-13(9-17-19(11)3)14(20)18-15(2,10-16)12-7-5-4-6-8-12/h4-9H,10H2,1-3H3,(H,18,20). The summed E-state index contributed by atoms with van der Waals surface area (Å²) in [5.41, 5.74) is 2.07. The van der Waals surface area contributed by atoms with Crippen LogP contribution in [0.25, 0.3) is 0 Å². The molecule has 0 saturated heterocycles. The summed E-state index contributed by atoms with van der Waals surface area (Å²) in [4.78, 5) is 12.4. The van der Waals surface area contributed by atoms with Crippen LogP contribution in [-0.4, -0.2) is 21.0 Å². The number of nitrogens with one attached hydrogen (secondary N) is 1. The second-order valence-corrected chi connectivity index (χ2v) is 5.61. The van der Waals surface area contributed by atoms with Crippen molar-refractivity contribution in [2.24, 2.45) is 7.05 Å². The van der Waals surface area contributed by atoms with Crippen LogP contribution in [0.15, 0.2) is 36.5 Å². The third kappa shape index (κ3) is 2.77. The molecule has 1 atom stereocenters. The average molecular weight is 336 g/mol. The van der Waals surface area contributed by atoms with Crippen LogP contribution in [-0.2, 0) is 12.6 Å². The molecule has 1 aromatic carbocycles. The Bertz CT molecular complexity index is 609. The van der Waals surface area contributed by atoms with E-state index in [4.69, 9.17) is 0 Å². The van der Waals surface area contributed by atoms with Crippen LogP contribution in [0.2, 0.25) is 0 Å². The van der Waals surface area contributed by atoms with Crippen molar-refractivity contribution < 1.29 is 4.79 Å². The first kappa shape index (κ1) is 14.8. The Labute approximate surface area is 127 Å². The van der Waals surface area contributed by atoms with Gasteiger partial charge in [0.05, 0.1) is 17.3 Å². The number of halogens is 1. The Kier molecular flexibility index (Phi) is 4.28. The van der Waals surface area contributed by atoms with Crippen molar-refractivity contribution in [3.63, 3.8) is 0 Å². The van der Waals surface area contributed by atoms with Gasteiger partial charge >= 0.3 is 0 Å². The Morgan fingerprint density at radius 1 is 1.40 bits per heavy atom. The summed E-state index contributed by atoms with van der Waals surface area (Å²) >= 11 is 3.50. The molecule has 1 amide bonds. The predicted octanol–water partition coefficient (Wildman–Crippen LogP) is 2.77. The molecule has 0 aliphatic heterocycles. The highest BCUT2D eigenvalue weighted by atomic mass is 79.9. The van der Waals surface area contributed by atoms with Crippen LogP contribution >= 0.6 is 15.9 Å². The van der Waals surface area contributed by atoms with Gasteiger partial charge in [-0.15, -0.1) is 0 Å². The lowest BCUT2D eigenvalue weighted by molar-refractivity contribution is 0.0913. The third-order valence-electron chi connectivity index (χ3n) is 3.55. The summed E-state index contributed by atoms with van der Waals surface area (Å²) in [5.74, 6) is -0.110. The molecule has 0 aliphatic carbocycles. The van der Waals surface area contributed by atoms with Crippen LogP contribution in [0.3, 0.4) is 0 Å². The van der Waals surface area contributed by atoms with E-state index in [-0.39, 0.29) is 5.91 Å². The molecule has 2 rings (SSSR count). The minimum Gasteiger partial charge on any atom is -0.342 e. The van der Waals surface area contributed by atoms with Crippen molar-refractivity contribution in [2.75, 3.05) is 5.33 Å². The van der Waals surface area contributed by atoms with Gasteiger partial charge in [0, 0.05) is 18.1 Å². The highest BCUT2D eigenvalue weighted by Crippen LogP contribution is 2.23. The quantitative estimate of drug-likeness (QED) is 0.873. The van der Waals surface area contributed by atoms with Gasteiger partial charge in [-0.3, -0.25) is 9.48 Å². The molecule has 2 aromatic rings. The first-order valence-electron chi connectivity index (χ1n) is 6.40. The maximum absolute atomic E-state index is 12.4. The van der Waals surface area contributed by atoms with Crippen LogP contribution in [0, 0.1) is 6.92 Å². The summed E-state index contributed by atoms with van der Waals surface area (Å²) in [7, 11) is 1.83. The molecule has 0 aliphatic rings. The first-order valence-corrected chi connectivity index (χ1v) is 7.52. The number of aromatic nitrogens is 2. The maximum Gasteiger partial charge on any atom is 0.255 e. The normalized spacial score (nSPS) is 13.8. The molecule has 5 heteroatoms. The summed E-state index contributed by atoms with van der Waals surface area (Å²) in [6.07, 6.45) is 1.60. The lowest BCUT2D eigenvalue weighted by Gasteiger charge is -2.29. The van der Waals surface area contributed by atoms with E-state index in [9.17, 15) is 4.79 Å². The van der Waals surface area contributed by atoms with Gasteiger partial charge in [0.25, 0.3) is 5.91 Å². The fourth-order valence-corrected chi connectivity index (χ4v) is 2.49. The third-order valence-corrected chi connectivity index (χ3v) is 4.67. The number of rotatable bonds is 4. The molecule has 1 aromatic heterocycles. The number of alkyl halides is 1. The molecule has 1 heterocycles. The Morgan fingerprint density at radius 2 is 2.05 bits per heavy atom. The van der Waals surface area contributed by atoms with Crippen molar-refractivity contribution in [3.8, 4) is 0 Å². The second-order valence-electron chi connectivity index (χ2n) is 5.05. The van der Waals surface area contributed by atoms with Crippen LogP contribution in [0.1, 0.15) is 28.5 Å².